The molecule has 3 heterocycles. The van der Waals surface area contributed by atoms with Crippen LogP contribution in [0.1, 0.15) is 37.8 Å². The van der Waals surface area contributed by atoms with Gasteiger partial charge < -0.3 is 20.1 Å². The Bertz CT molecular complexity index is 1130. The van der Waals surface area contributed by atoms with Crippen molar-refractivity contribution < 1.29 is 19.0 Å². The summed E-state index contributed by atoms with van der Waals surface area (Å²) in [5.74, 6) is 0.946. The first kappa shape index (κ1) is 22.0. The van der Waals surface area contributed by atoms with Gasteiger partial charge >= 0.3 is 6.09 Å². The van der Waals surface area contributed by atoms with Gasteiger partial charge in [-0.3, -0.25) is 0 Å². The van der Waals surface area contributed by atoms with Crippen molar-refractivity contribution in [2.24, 2.45) is 0 Å². The molecule has 10 heteroatoms. The highest BCUT2D eigenvalue weighted by Gasteiger charge is 2.30. The van der Waals surface area contributed by atoms with Crippen LogP contribution in [0, 0.1) is 5.82 Å². The molecule has 1 amide bonds. The molecule has 8 nitrogen and oxygen atoms in total. The molecule has 32 heavy (non-hydrogen) atoms. The molecule has 1 aliphatic heterocycles. The average molecular weight is 460 g/mol. The number of nitrogens with one attached hydrogen (secondary N) is 1. The van der Waals surface area contributed by atoms with Crippen LogP contribution in [0.2, 0.25) is 5.15 Å². The van der Waals surface area contributed by atoms with Crippen molar-refractivity contribution in [2.45, 2.75) is 38.3 Å². The molecule has 3 aromatic rings. The van der Waals surface area contributed by atoms with Crippen molar-refractivity contribution in [1.29, 1.82) is 0 Å². The fourth-order valence-electron chi connectivity index (χ4n) is 3.96. The lowest BCUT2D eigenvalue weighted by Crippen LogP contribution is -2.32. The lowest BCUT2D eigenvalue weighted by Gasteiger charge is -2.28. The third kappa shape index (κ3) is 4.83. The van der Waals surface area contributed by atoms with Gasteiger partial charge in [-0.1, -0.05) is 11.6 Å². The predicted molar refractivity (Wildman–Crippen MR) is 119 cm³/mol. The van der Waals surface area contributed by atoms with Gasteiger partial charge in [0.25, 0.3) is 0 Å². The SMILES string of the molecule is CC(CCOc1ccc(F)cc1[C@H]1CCCN1c1ccc2ncnc(Cl)c2n1)NC(=O)O. The minimum Gasteiger partial charge on any atom is -0.493 e. The maximum absolute atomic E-state index is 14.2. The summed E-state index contributed by atoms with van der Waals surface area (Å²) in [6, 6.07) is 7.83. The lowest BCUT2D eigenvalue weighted by atomic mass is 10.0. The fourth-order valence-corrected chi connectivity index (χ4v) is 4.15. The molecule has 0 bridgehead atoms. The van der Waals surface area contributed by atoms with Crippen LogP contribution < -0.4 is 15.0 Å². The first-order chi connectivity index (χ1) is 15.4. The summed E-state index contributed by atoms with van der Waals surface area (Å²) in [4.78, 5) is 25.7. The summed E-state index contributed by atoms with van der Waals surface area (Å²) < 4.78 is 20.1. The Hall–Kier alpha value is -3.20. The normalized spacial score (nSPS) is 16.8. The Morgan fingerprint density at radius 1 is 1.38 bits per heavy atom. The third-order valence-electron chi connectivity index (χ3n) is 5.48. The van der Waals surface area contributed by atoms with Crippen LogP contribution in [-0.2, 0) is 0 Å². The second kappa shape index (κ2) is 9.52. The number of carbonyl (C=O) groups is 1. The average Bonchev–Trinajstić information content (AvgIpc) is 3.24. The van der Waals surface area contributed by atoms with Crippen LogP contribution in [-0.4, -0.2) is 45.3 Å². The number of fused-ring (bicyclic) bond motifs is 1. The van der Waals surface area contributed by atoms with E-state index in [1.54, 1.807) is 13.0 Å². The lowest BCUT2D eigenvalue weighted by molar-refractivity contribution is 0.188. The Kier molecular flexibility index (Phi) is 6.55. The minimum atomic E-state index is -1.07. The van der Waals surface area contributed by atoms with Crippen molar-refractivity contribution in [1.82, 2.24) is 20.3 Å². The van der Waals surface area contributed by atoms with Gasteiger partial charge in [-0.25, -0.2) is 24.1 Å². The molecule has 1 saturated heterocycles. The van der Waals surface area contributed by atoms with Gasteiger partial charge in [0.1, 0.15) is 29.2 Å². The Labute approximate surface area is 189 Å². The topological polar surface area (TPSA) is 100 Å². The van der Waals surface area contributed by atoms with Crippen LogP contribution in [0.5, 0.6) is 5.75 Å². The van der Waals surface area contributed by atoms with E-state index in [-0.39, 0.29) is 23.1 Å². The van der Waals surface area contributed by atoms with Crippen LogP contribution in [0.3, 0.4) is 0 Å². The van der Waals surface area contributed by atoms with Gasteiger partial charge in [0, 0.05) is 24.6 Å². The number of hydrogen-bond acceptors (Lipinski definition) is 6. The summed E-state index contributed by atoms with van der Waals surface area (Å²) in [5, 5.41) is 11.5. The number of rotatable bonds is 7. The Morgan fingerprint density at radius 3 is 3.03 bits per heavy atom. The molecular weight excluding hydrogens is 437 g/mol. The van der Waals surface area contributed by atoms with Crippen LogP contribution >= 0.6 is 11.6 Å². The number of nitrogens with zero attached hydrogens (tertiary/aromatic N) is 4. The van der Waals surface area contributed by atoms with E-state index in [4.69, 9.17) is 21.4 Å². The molecular formula is C22H23ClFN5O3. The number of halogens is 2. The van der Waals surface area contributed by atoms with Crippen molar-refractivity contribution in [3.8, 4) is 5.75 Å². The first-order valence-corrected chi connectivity index (χ1v) is 10.8. The molecule has 0 radical (unpaired) electrons. The highest BCUT2D eigenvalue weighted by molar-refractivity contribution is 6.33. The van der Waals surface area contributed by atoms with E-state index in [0.29, 0.717) is 35.6 Å². The van der Waals surface area contributed by atoms with E-state index >= 15 is 0 Å². The van der Waals surface area contributed by atoms with Gasteiger partial charge in [0.2, 0.25) is 0 Å². The van der Waals surface area contributed by atoms with Crippen molar-refractivity contribution >= 4 is 34.5 Å². The largest absolute Gasteiger partial charge is 0.493 e. The van der Waals surface area contributed by atoms with Gasteiger partial charge in [-0.15, -0.1) is 0 Å². The monoisotopic (exact) mass is 459 g/mol. The van der Waals surface area contributed by atoms with Crippen molar-refractivity contribution in [2.75, 3.05) is 18.1 Å². The number of ether oxygens (including phenoxy) is 1. The van der Waals surface area contributed by atoms with Gasteiger partial charge in [-0.2, -0.15) is 0 Å². The molecule has 0 aliphatic carbocycles. The predicted octanol–water partition coefficient (Wildman–Crippen LogP) is 4.58. The maximum atomic E-state index is 14.2. The maximum Gasteiger partial charge on any atom is 0.404 e. The Balaban J connectivity index is 1.58. The number of aromatic nitrogens is 3. The zero-order valence-electron chi connectivity index (χ0n) is 17.5. The second-order valence-electron chi connectivity index (χ2n) is 7.72. The third-order valence-corrected chi connectivity index (χ3v) is 5.76. The molecule has 168 valence electrons. The molecule has 0 saturated carbocycles. The number of benzene rings is 1. The first-order valence-electron chi connectivity index (χ1n) is 10.4. The molecule has 0 spiro atoms. The fraction of sp³-hybridized carbons (Fsp3) is 0.364. The molecule has 1 unspecified atom stereocenters. The van der Waals surface area contributed by atoms with Crippen molar-refractivity contribution in [3.05, 3.63) is 53.2 Å². The second-order valence-corrected chi connectivity index (χ2v) is 8.08. The van der Waals surface area contributed by atoms with Gasteiger partial charge in [0.15, 0.2) is 5.15 Å². The minimum absolute atomic E-state index is 0.122. The molecule has 2 atom stereocenters. The van der Waals surface area contributed by atoms with Crippen LogP contribution in [0.4, 0.5) is 15.0 Å². The quantitative estimate of drug-likeness (QED) is 0.498. The van der Waals surface area contributed by atoms with Crippen molar-refractivity contribution in [3.63, 3.8) is 0 Å². The van der Waals surface area contributed by atoms with E-state index in [1.165, 1.54) is 18.5 Å². The Morgan fingerprint density at radius 2 is 2.22 bits per heavy atom. The van der Waals surface area contributed by atoms with Crippen LogP contribution in [0.25, 0.3) is 11.0 Å². The molecule has 1 fully saturated rings. The van der Waals surface area contributed by atoms with Gasteiger partial charge in [-0.05, 0) is 50.1 Å². The number of amides is 1. The molecule has 4 rings (SSSR count). The standard InChI is InChI=1S/C22H23ClFN5O3/c1-13(27-22(30)31)8-10-32-18-6-4-14(24)11-15(18)17-3-2-9-29(17)19-7-5-16-20(28-19)21(23)26-12-25-16/h4-7,11-13,17,27H,2-3,8-10H2,1H3,(H,30,31)/t13?,17-/m1/s1. The summed E-state index contributed by atoms with van der Waals surface area (Å²) in [6.45, 7) is 2.82. The molecule has 1 aliphatic rings. The van der Waals surface area contributed by atoms with E-state index in [9.17, 15) is 9.18 Å². The summed E-state index contributed by atoms with van der Waals surface area (Å²) in [6.07, 6.45) is 2.54. The highest BCUT2D eigenvalue weighted by atomic mass is 35.5. The molecule has 2 aromatic heterocycles. The zero-order valence-corrected chi connectivity index (χ0v) is 18.2. The summed E-state index contributed by atoms with van der Waals surface area (Å²) in [7, 11) is 0. The van der Waals surface area contributed by atoms with Gasteiger partial charge in [0.05, 0.1) is 18.2 Å². The zero-order chi connectivity index (χ0) is 22.7. The summed E-state index contributed by atoms with van der Waals surface area (Å²) in [5.41, 5.74) is 1.91. The number of hydrogen-bond donors (Lipinski definition) is 2. The van der Waals surface area contributed by atoms with E-state index in [1.807, 2.05) is 12.1 Å². The molecule has 2 N–H and O–H groups in total. The number of carboxylic acid groups (broad SMARTS) is 1. The smallest absolute Gasteiger partial charge is 0.404 e. The highest BCUT2D eigenvalue weighted by Crippen LogP contribution is 2.40. The van der Waals surface area contributed by atoms with E-state index in [0.717, 1.165) is 24.9 Å². The number of pyridine rings is 1. The number of anilines is 1. The molecule has 1 aromatic carbocycles. The summed E-state index contributed by atoms with van der Waals surface area (Å²) >= 11 is 6.21. The van der Waals surface area contributed by atoms with E-state index < -0.39 is 6.09 Å². The van der Waals surface area contributed by atoms with Crippen LogP contribution in [0.15, 0.2) is 36.7 Å². The van der Waals surface area contributed by atoms with E-state index in [2.05, 4.69) is 25.2 Å².